The predicted molar refractivity (Wildman–Crippen MR) is 133 cm³/mol. The number of alkyl halides is 2. The maximum absolute atomic E-state index is 13.7. The summed E-state index contributed by atoms with van der Waals surface area (Å²) in [6.07, 6.45) is 12.6. The molecule has 1 aliphatic carbocycles. The van der Waals surface area contributed by atoms with Gasteiger partial charge >= 0.3 is 5.97 Å². The lowest BCUT2D eigenvalue weighted by Crippen LogP contribution is -2.18. The molecule has 0 bridgehead atoms. The van der Waals surface area contributed by atoms with Crippen LogP contribution in [0.4, 0.5) is 17.6 Å². The first-order chi connectivity index (χ1) is 16.9. The lowest BCUT2D eigenvalue weighted by atomic mass is 9.76. The highest BCUT2D eigenvalue weighted by molar-refractivity contribution is 7.12. The molecule has 1 aromatic heterocycles. The van der Waals surface area contributed by atoms with Crippen molar-refractivity contribution in [3.63, 3.8) is 0 Å². The van der Waals surface area contributed by atoms with E-state index in [2.05, 4.69) is 6.92 Å². The molecule has 0 unspecified atom stereocenters. The van der Waals surface area contributed by atoms with Crippen molar-refractivity contribution in [2.24, 2.45) is 5.92 Å². The Kier molecular flexibility index (Phi) is 11.1. The molecule has 7 heteroatoms. The molecule has 0 radical (unpaired) electrons. The van der Waals surface area contributed by atoms with E-state index in [9.17, 15) is 22.4 Å². The highest BCUT2D eigenvalue weighted by Gasteiger charge is 2.30. The second kappa shape index (κ2) is 14.0. The molecule has 2 nitrogen and oxygen atoms in total. The third kappa shape index (κ3) is 7.80. The zero-order valence-corrected chi connectivity index (χ0v) is 21.3. The molecule has 35 heavy (non-hydrogen) atoms. The molecule has 1 heterocycles. The zero-order chi connectivity index (χ0) is 25.2. The Morgan fingerprint density at radius 1 is 0.971 bits per heavy atom. The minimum atomic E-state index is -3.27. The van der Waals surface area contributed by atoms with E-state index in [4.69, 9.17) is 4.74 Å². The Labute approximate surface area is 210 Å². The molecule has 1 saturated carbocycles. The average molecular weight is 513 g/mol. The van der Waals surface area contributed by atoms with Crippen molar-refractivity contribution >= 4 is 17.3 Å². The van der Waals surface area contributed by atoms with Gasteiger partial charge in [-0.25, -0.2) is 18.0 Å². The smallest absolute Gasteiger partial charge is 0.344 e. The number of esters is 1. The normalized spacial score (nSPS) is 18.2. The van der Waals surface area contributed by atoms with E-state index in [1.54, 1.807) is 12.1 Å². The predicted octanol–water partition coefficient (Wildman–Crippen LogP) is 9.99. The number of carbonyl (C=O) groups excluding carboxylic acids is 1. The van der Waals surface area contributed by atoms with Crippen LogP contribution < -0.4 is 4.74 Å². The molecule has 0 amide bonds. The Morgan fingerprint density at radius 2 is 1.60 bits per heavy atom. The fourth-order valence-electron chi connectivity index (χ4n) is 5.14. The molecular formula is C28H36F4O2S. The minimum absolute atomic E-state index is 0.0849. The van der Waals surface area contributed by atoms with Gasteiger partial charge in [0.15, 0.2) is 10.9 Å². The summed E-state index contributed by atoms with van der Waals surface area (Å²) in [6, 6.07) is 6.97. The topological polar surface area (TPSA) is 26.3 Å². The SMILES string of the molecule is CCCCCCCCCC[C@H]1CC[C@H](c2ccccc2C(=O)Oc2sc(F)c(F)c2C(F)F)CC1. The summed E-state index contributed by atoms with van der Waals surface area (Å²) in [5.41, 5.74) is -0.104. The zero-order valence-electron chi connectivity index (χ0n) is 20.5. The third-order valence-electron chi connectivity index (χ3n) is 7.15. The highest BCUT2D eigenvalue weighted by Crippen LogP contribution is 2.42. The van der Waals surface area contributed by atoms with Crippen LogP contribution in [0.5, 0.6) is 5.06 Å². The van der Waals surface area contributed by atoms with Crippen molar-refractivity contribution in [3.8, 4) is 5.06 Å². The van der Waals surface area contributed by atoms with Gasteiger partial charge in [0.2, 0.25) is 5.13 Å². The van der Waals surface area contributed by atoms with E-state index >= 15 is 0 Å². The Hall–Kier alpha value is -1.89. The highest BCUT2D eigenvalue weighted by atomic mass is 32.1. The molecule has 3 rings (SSSR count). The van der Waals surface area contributed by atoms with Gasteiger partial charge in [0.25, 0.3) is 6.43 Å². The molecule has 1 aliphatic rings. The summed E-state index contributed by atoms with van der Waals surface area (Å²) in [6.45, 7) is 2.24. The lowest BCUT2D eigenvalue weighted by Gasteiger charge is -2.29. The summed E-state index contributed by atoms with van der Waals surface area (Å²) in [4.78, 5) is 12.8. The number of ether oxygens (including phenoxy) is 1. The monoisotopic (exact) mass is 512 g/mol. The van der Waals surface area contributed by atoms with Gasteiger partial charge in [0.05, 0.1) is 5.56 Å². The molecule has 1 fully saturated rings. The fourth-order valence-corrected chi connectivity index (χ4v) is 5.91. The van der Waals surface area contributed by atoms with Crippen molar-refractivity contribution in [2.75, 3.05) is 0 Å². The second-order valence-corrected chi connectivity index (χ2v) is 10.6. The van der Waals surface area contributed by atoms with E-state index in [1.807, 2.05) is 12.1 Å². The van der Waals surface area contributed by atoms with Crippen LogP contribution in [0.15, 0.2) is 24.3 Å². The summed E-state index contributed by atoms with van der Waals surface area (Å²) < 4.78 is 58.6. The molecule has 0 N–H and O–H groups in total. The Bertz CT molecular complexity index is 935. The molecule has 0 saturated heterocycles. The van der Waals surface area contributed by atoms with Crippen molar-refractivity contribution in [1.82, 2.24) is 0 Å². The number of rotatable bonds is 13. The molecule has 0 atom stereocenters. The molecular weight excluding hydrogens is 476 g/mol. The van der Waals surface area contributed by atoms with E-state index in [0.29, 0.717) is 5.92 Å². The van der Waals surface area contributed by atoms with Crippen LogP contribution in [0.25, 0.3) is 0 Å². The molecule has 2 aromatic rings. The van der Waals surface area contributed by atoms with E-state index < -0.39 is 34.0 Å². The van der Waals surface area contributed by atoms with Crippen LogP contribution >= 0.6 is 11.3 Å². The first kappa shape index (κ1) is 27.7. The van der Waals surface area contributed by atoms with Gasteiger partial charge in [-0.1, -0.05) is 94.2 Å². The number of halogens is 4. The number of thiophene rings is 1. The first-order valence-electron chi connectivity index (χ1n) is 13.0. The standard InChI is InChI=1S/C28H36F4O2S/c1-2-3-4-5-6-7-8-9-12-19-15-17-20(18-16-19)21-13-10-11-14-22(21)27(33)34-28-23(25(30)31)24(29)26(32)35-28/h10-11,13-14,19-20,25H,2-9,12,15-18H2,1H3/t19-,20-. The van der Waals surface area contributed by atoms with Crippen LogP contribution in [0.1, 0.15) is 124 Å². The van der Waals surface area contributed by atoms with E-state index in [-0.39, 0.29) is 22.8 Å². The van der Waals surface area contributed by atoms with E-state index in [1.165, 1.54) is 57.8 Å². The van der Waals surface area contributed by atoms with Gasteiger partial charge in [0, 0.05) is 0 Å². The molecule has 1 aromatic carbocycles. The second-order valence-electron chi connectivity index (χ2n) is 9.65. The van der Waals surface area contributed by atoms with Gasteiger partial charge in [-0.3, -0.25) is 0 Å². The van der Waals surface area contributed by atoms with Crippen LogP contribution in [0, 0.1) is 16.9 Å². The van der Waals surface area contributed by atoms with Crippen LogP contribution in [-0.2, 0) is 0 Å². The van der Waals surface area contributed by atoms with Gasteiger partial charge in [-0.05, 0) is 49.1 Å². The fraction of sp³-hybridized carbons (Fsp3) is 0.607. The quantitative estimate of drug-likeness (QED) is 0.152. The van der Waals surface area contributed by atoms with Crippen LogP contribution in [0.3, 0.4) is 0 Å². The maximum atomic E-state index is 13.7. The maximum Gasteiger partial charge on any atom is 0.344 e. The summed E-state index contributed by atoms with van der Waals surface area (Å²) in [7, 11) is 0. The molecule has 0 aliphatic heterocycles. The first-order valence-corrected chi connectivity index (χ1v) is 13.8. The van der Waals surface area contributed by atoms with Crippen molar-refractivity contribution in [2.45, 2.75) is 103 Å². The van der Waals surface area contributed by atoms with Gasteiger partial charge in [-0.2, -0.15) is 4.39 Å². The lowest BCUT2D eigenvalue weighted by molar-refractivity contribution is 0.0726. The minimum Gasteiger partial charge on any atom is -0.411 e. The number of hydrogen-bond donors (Lipinski definition) is 0. The van der Waals surface area contributed by atoms with Gasteiger partial charge < -0.3 is 4.74 Å². The largest absolute Gasteiger partial charge is 0.411 e. The van der Waals surface area contributed by atoms with Crippen molar-refractivity contribution in [3.05, 3.63) is 51.9 Å². The van der Waals surface area contributed by atoms with E-state index in [0.717, 1.165) is 31.2 Å². The number of unbranched alkanes of at least 4 members (excludes halogenated alkanes) is 7. The third-order valence-corrected chi connectivity index (χ3v) is 8.00. The van der Waals surface area contributed by atoms with Gasteiger partial charge in [-0.15, -0.1) is 0 Å². The average Bonchev–Trinajstić information content (AvgIpc) is 3.13. The molecule has 0 spiro atoms. The number of hydrogen-bond acceptors (Lipinski definition) is 3. The number of benzene rings is 1. The van der Waals surface area contributed by atoms with Crippen LogP contribution in [0.2, 0.25) is 0 Å². The summed E-state index contributed by atoms with van der Waals surface area (Å²) >= 11 is 0.0849. The van der Waals surface area contributed by atoms with Crippen LogP contribution in [-0.4, -0.2) is 5.97 Å². The van der Waals surface area contributed by atoms with Crippen molar-refractivity contribution in [1.29, 1.82) is 0 Å². The summed E-state index contributed by atoms with van der Waals surface area (Å²) in [5.74, 6) is -1.63. The Morgan fingerprint density at radius 3 is 2.26 bits per heavy atom. The van der Waals surface area contributed by atoms with Crippen molar-refractivity contribution < 1.29 is 27.1 Å². The number of carbonyl (C=O) groups is 1. The summed E-state index contributed by atoms with van der Waals surface area (Å²) in [5, 5.41) is -2.13. The molecule has 194 valence electrons. The Balaban J connectivity index is 1.51. The van der Waals surface area contributed by atoms with Gasteiger partial charge in [0.1, 0.15) is 5.56 Å².